The Labute approximate surface area is 135 Å². The lowest BCUT2D eigenvalue weighted by Crippen LogP contribution is -2.27. The van der Waals surface area contributed by atoms with Crippen molar-refractivity contribution in [3.05, 3.63) is 66.5 Å². The molecule has 0 saturated heterocycles. The van der Waals surface area contributed by atoms with E-state index in [-0.39, 0.29) is 6.04 Å². The number of hydrogen-bond donors (Lipinski definition) is 3. The summed E-state index contributed by atoms with van der Waals surface area (Å²) in [6.45, 7) is 12.0. The SMILES string of the molecule is C=CC(Cc1cnc(C)[nH]1)NC(=C)c1cc2cc(C)cnc2[nH]1. The monoisotopic (exact) mass is 307 g/mol. The van der Waals surface area contributed by atoms with Gasteiger partial charge in [0.25, 0.3) is 0 Å². The third-order valence-electron chi connectivity index (χ3n) is 3.77. The van der Waals surface area contributed by atoms with Crippen LogP contribution in [0.2, 0.25) is 0 Å². The van der Waals surface area contributed by atoms with Crippen molar-refractivity contribution in [3.63, 3.8) is 0 Å². The van der Waals surface area contributed by atoms with Crippen LogP contribution in [0.25, 0.3) is 16.7 Å². The summed E-state index contributed by atoms with van der Waals surface area (Å²) in [4.78, 5) is 15.1. The highest BCUT2D eigenvalue weighted by molar-refractivity contribution is 5.81. The number of fused-ring (bicyclic) bond motifs is 1. The minimum Gasteiger partial charge on any atom is -0.377 e. The van der Waals surface area contributed by atoms with E-state index in [1.54, 1.807) is 0 Å². The van der Waals surface area contributed by atoms with E-state index in [0.29, 0.717) is 0 Å². The normalized spacial score (nSPS) is 12.3. The number of rotatable bonds is 6. The van der Waals surface area contributed by atoms with E-state index in [4.69, 9.17) is 0 Å². The number of H-pyrrole nitrogens is 2. The number of nitrogens with one attached hydrogen (secondary N) is 3. The van der Waals surface area contributed by atoms with Gasteiger partial charge in [-0.1, -0.05) is 12.7 Å². The number of aryl methyl sites for hydroxylation is 2. The Kier molecular flexibility index (Phi) is 4.02. The third-order valence-corrected chi connectivity index (χ3v) is 3.77. The molecule has 3 N–H and O–H groups in total. The summed E-state index contributed by atoms with van der Waals surface area (Å²) in [6, 6.07) is 4.24. The van der Waals surface area contributed by atoms with Crippen LogP contribution >= 0.6 is 0 Å². The Morgan fingerprint density at radius 2 is 2.09 bits per heavy atom. The van der Waals surface area contributed by atoms with Crippen LogP contribution < -0.4 is 5.32 Å². The molecule has 3 aromatic rings. The number of aromatic nitrogens is 4. The summed E-state index contributed by atoms with van der Waals surface area (Å²) in [5, 5.41) is 4.48. The Morgan fingerprint density at radius 1 is 1.26 bits per heavy atom. The van der Waals surface area contributed by atoms with Gasteiger partial charge in [0.1, 0.15) is 11.5 Å². The Morgan fingerprint density at radius 3 is 2.78 bits per heavy atom. The first-order valence-corrected chi connectivity index (χ1v) is 7.59. The van der Waals surface area contributed by atoms with Crippen molar-refractivity contribution >= 4 is 16.7 Å². The maximum Gasteiger partial charge on any atom is 0.137 e. The molecule has 0 amide bonds. The quantitative estimate of drug-likeness (QED) is 0.612. The van der Waals surface area contributed by atoms with Crippen molar-refractivity contribution < 1.29 is 0 Å². The highest BCUT2D eigenvalue weighted by Crippen LogP contribution is 2.19. The zero-order chi connectivity index (χ0) is 16.4. The number of imidazole rings is 1. The smallest absolute Gasteiger partial charge is 0.137 e. The van der Waals surface area contributed by atoms with E-state index in [2.05, 4.69) is 50.5 Å². The molecule has 0 aliphatic rings. The van der Waals surface area contributed by atoms with Gasteiger partial charge >= 0.3 is 0 Å². The molecule has 0 fully saturated rings. The van der Waals surface area contributed by atoms with Crippen molar-refractivity contribution in [1.82, 2.24) is 25.3 Å². The van der Waals surface area contributed by atoms with Crippen LogP contribution in [0.1, 0.15) is 22.8 Å². The van der Waals surface area contributed by atoms with Gasteiger partial charge < -0.3 is 15.3 Å². The van der Waals surface area contributed by atoms with Crippen LogP contribution in [-0.4, -0.2) is 26.0 Å². The summed E-state index contributed by atoms with van der Waals surface area (Å²) < 4.78 is 0. The molecule has 0 radical (unpaired) electrons. The lowest BCUT2D eigenvalue weighted by atomic mass is 10.1. The summed E-state index contributed by atoms with van der Waals surface area (Å²) in [7, 11) is 0. The average molecular weight is 307 g/mol. The molecule has 5 heteroatoms. The summed E-state index contributed by atoms with van der Waals surface area (Å²) in [5.74, 6) is 0.915. The fraction of sp³-hybridized carbons (Fsp3) is 0.222. The van der Waals surface area contributed by atoms with Gasteiger partial charge in [-0.15, -0.1) is 6.58 Å². The second-order valence-electron chi connectivity index (χ2n) is 5.80. The predicted octanol–water partition coefficient (Wildman–Crippen LogP) is 3.26. The van der Waals surface area contributed by atoms with Gasteiger partial charge in [0.05, 0.1) is 11.4 Å². The fourth-order valence-corrected chi connectivity index (χ4v) is 2.60. The first-order valence-electron chi connectivity index (χ1n) is 7.59. The zero-order valence-electron chi connectivity index (χ0n) is 13.5. The molecular formula is C18H21N5. The van der Waals surface area contributed by atoms with Gasteiger partial charge in [-0.3, -0.25) is 0 Å². The molecule has 0 aliphatic carbocycles. The minimum atomic E-state index is 0.0726. The molecule has 0 aliphatic heterocycles. The van der Waals surface area contributed by atoms with Gasteiger partial charge in [-0.25, -0.2) is 9.97 Å². The second-order valence-corrected chi connectivity index (χ2v) is 5.80. The molecule has 3 rings (SSSR count). The maximum atomic E-state index is 4.40. The van der Waals surface area contributed by atoms with Crippen LogP contribution in [0.3, 0.4) is 0 Å². The zero-order valence-corrected chi connectivity index (χ0v) is 13.5. The molecule has 0 saturated carbocycles. The molecule has 5 nitrogen and oxygen atoms in total. The summed E-state index contributed by atoms with van der Waals surface area (Å²) in [5.41, 5.74) is 4.84. The van der Waals surface area contributed by atoms with E-state index < -0.39 is 0 Å². The standard InChI is InChI=1S/C18H21N5/c1-5-15(8-16-10-19-13(4)22-16)21-12(3)17-7-14-6-11(2)9-20-18(14)23-17/h5-7,9-10,15,21H,1,3,8H2,2,4H3,(H,19,22)(H,20,23). The predicted molar refractivity (Wildman–Crippen MR) is 94.0 cm³/mol. The van der Waals surface area contributed by atoms with Crippen LogP contribution in [0.5, 0.6) is 0 Å². The van der Waals surface area contributed by atoms with Crippen molar-refractivity contribution in [2.24, 2.45) is 0 Å². The number of pyridine rings is 1. The Bertz CT molecular complexity index is 855. The summed E-state index contributed by atoms with van der Waals surface area (Å²) in [6.07, 6.45) is 6.37. The summed E-state index contributed by atoms with van der Waals surface area (Å²) >= 11 is 0. The highest BCUT2D eigenvalue weighted by atomic mass is 15.0. The molecule has 0 bridgehead atoms. The molecule has 0 spiro atoms. The molecular weight excluding hydrogens is 286 g/mol. The van der Waals surface area contributed by atoms with Crippen LogP contribution in [0, 0.1) is 13.8 Å². The van der Waals surface area contributed by atoms with Crippen LogP contribution in [0.15, 0.2) is 43.8 Å². The molecule has 1 atom stereocenters. The van der Waals surface area contributed by atoms with Gasteiger partial charge in [0.15, 0.2) is 0 Å². The number of hydrogen-bond acceptors (Lipinski definition) is 3. The van der Waals surface area contributed by atoms with Crippen molar-refractivity contribution in [3.8, 4) is 0 Å². The van der Waals surface area contributed by atoms with E-state index in [1.165, 1.54) is 0 Å². The molecule has 23 heavy (non-hydrogen) atoms. The average Bonchev–Trinajstić information content (AvgIpc) is 3.12. The number of aromatic amines is 2. The van der Waals surface area contributed by atoms with E-state index in [1.807, 2.05) is 32.3 Å². The van der Waals surface area contributed by atoms with Gasteiger partial charge in [0, 0.05) is 35.9 Å². The Hall–Kier alpha value is -2.82. The maximum absolute atomic E-state index is 4.40. The topological polar surface area (TPSA) is 69.4 Å². The molecule has 1 unspecified atom stereocenters. The highest BCUT2D eigenvalue weighted by Gasteiger charge is 2.11. The van der Waals surface area contributed by atoms with Crippen molar-refractivity contribution in [2.45, 2.75) is 26.3 Å². The lowest BCUT2D eigenvalue weighted by molar-refractivity contribution is 0.698. The van der Waals surface area contributed by atoms with E-state index >= 15 is 0 Å². The first-order chi connectivity index (χ1) is 11.0. The van der Waals surface area contributed by atoms with Gasteiger partial charge in [-0.2, -0.15) is 0 Å². The molecule has 0 aromatic carbocycles. The molecule has 3 aromatic heterocycles. The van der Waals surface area contributed by atoms with Crippen molar-refractivity contribution in [1.29, 1.82) is 0 Å². The fourth-order valence-electron chi connectivity index (χ4n) is 2.60. The van der Waals surface area contributed by atoms with Crippen molar-refractivity contribution in [2.75, 3.05) is 0 Å². The molecule has 118 valence electrons. The van der Waals surface area contributed by atoms with Gasteiger partial charge in [-0.05, 0) is 31.5 Å². The van der Waals surface area contributed by atoms with Crippen LogP contribution in [0.4, 0.5) is 0 Å². The lowest BCUT2D eigenvalue weighted by Gasteiger charge is -2.16. The van der Waals surface area contributed by atoms with Gasteiger partial charge in [0.2, 0.25) is 0 Å². The second kappa shape index (κ2) is 6.12. The van der Waals surface area contributed by atoms with E-state index in [9.17, 15) is 0 Å². The molecule has 3 heterocycles. The number of nitrogens with zero attached hydrogens (tertiary/aromatic N) is 2. The van der Waals surface area contributed by atoms with Crippen LogP contribution in [-0.2, 0) is 6.42 Å². The largest absolute Gasteiger partial charge is 0.377 e. The Balaban J connectivity index is 1.74. The third kappa shape index (κ3) is 3.34. The first kappa shape index (κ1) is 15.1. The minimum absolute atomic E-state index is 0.0726. The van der Waals surface area contributed by atoms with E-state index in [0.717, 1.165) is 45.9 Å².